The van der Waals surface area contributed by atoms with Gasteiger partial charge in [-0.3, -0.25) is 19.2 Å². The lowest BCUT2D eigenvalue weighted by molar-refractivity contribution is -0.150. The maximum absolute atomic E-state index is 9.66. The van der Waals surface area contributed by atoms with E-state index in [9.17, 15) is 19.2 Å². The Kier molecular flexibility index (Phi) is 71.4. The van der Waals surface area contributed by atoms with Crippen molar-refractivity contribution in [1.82, 2.24) is 0 Å². The molecule has 208 valence electrons. The Balaban J connectivity index is -0.0000000559. The van der Waals surface area contributed by atoms with Gasteiger partial charge in [0.05, 0.1) is 12.7 Å². The summed E-state index contributed by atoms with van der Waals surface area (Å²) in [6, 6.07) is 0. The second-order valence-electron chi connectivity index (χ2n) is 4.14. The summed E-state index contributed by atoms with van der Waals surface area (Å²) in [6.07, 6.45) is 0.440. The molecule has 14 N–H and O–H groups in total. The molecule has 0 rings (SSSR count). The number of nitrogens with two attached hydrogens (primary N) is 4. The van der Waals surface area contributed by atoms with Crippen molar-refractivity contribution < 1.29 is 78.5 Å². The lowest BCUT2D eigenvalue weighted by Gasteiger charge is -1.92. The number of aliphatic hydroxyl groups excluding tert-OH is 2. The first-order chi connectivity index (χ1) is 16.2. The van der Waals surface area contributed by atoms with Crippen LogP contribution >= 0.6 is 0 Å². The molecule has 0 bridgehead atoms. The van der Waals surface area contributed by atoms with E-state index in [0.717, 1.165) is 0 Å². The van der Waals surface area contributed by atoms with Crippen molar-refractivity contribution in [3.63, 3.8) is 0 Å². The van der Waals surface area contributed by atoms with E-state index in [1.54, 1.807) is 0 Å². The Morgan fingerprint density at radius 2 is 0.743 bits per heavy atom. The number of hydrogen-bond donors (Lipinski definition) is 10. The van der Waals surface area contributed by atoms with Crippen LogP contribution in [-0.2, 0) is 47.8 Å². The molecule has 0 aromatic heterocycles. The van der Waals surface area contributed by atoms with Crippen LogP contribution < -0.4 is 22.9 Å². The van der Waals surface area contributed by atoms with Gasteiger partial charge in [-0.2, -0.15) is 0 Å². The molecule has 0 saturated carbocycles. The average molecular weight is 524 g/mol. The van der Waals surface area contributed by atoms with E-state index in [4.69, 9.17) is 49.8 Å². The first-order valence-corrected chi connectivity index (χ1v) is 8.12. The highest BCUT2D eigenvalue weighted by molar-refractivity contribution is 5.71. The van der Waals surface area contributed by atoms with Gasteiger partial charge in [0.15, 0.2) is 0 Å². The first kappa shape index (κ1) is 48.1. The summed E-state index contributed by atoms with van der Waals surface area (Å²) in [5.74, 6) is -4.68. The van der Waals surface area contributed by atoms with Gasteiger partial charge in [0.1, 0.15) is 26.4 Å². The summed E-state index contributed by atoms with van der Waals surface area (Å²) in [5.41, 5.74) is 16.7. The Morgan fingerprint density at radius 3 is 0.800 bits per heavy atom. The Labute approximate surface area is 198 Å². The zero-order valence-electron chi connectivity index (χ0n) is 18.5. The summed E-state index contributed by atoms with van der Waals surface area (Å²) in [4.78, 5) is 73.0. The van der Waals surface area contributed by atoms with E-state index in [0.29, 0.717) is 0 Å². The fourth-order valence-corrected chi connectivity index (χ4v) is 0.451. The lowest BCUT2D eigenvalue weighted by atomic mass is 10.5. The van der Waals surface area contributed by atoms with Crippen LogP contribution in [0.1, 0.15) is 6.92 Å². The minimum atomic E-state index is -1.17. The van der Waals surface area contributed by atoms with Gasteiger partial charge in [0.25, 0.3) is 0 Å². The molecule has 0 aromatic carbocycles. The molecule has 1 atom stereocenters. The fourth-order valence-electron chi connectivity index (χ4n) is 0.451. The average Bonchev–Trinajstić information content (AvgIpc) is 2.70. The van der Waals surface area contributed by atoms with Crippen molar-refractivity contribution >= 4 is 49.5 Å². The molecule has 0 heterocycles. The van der Waals surface area contributed by atoms with E-state index >= 15 is 0 Å². The molecule has 0 aliphatic heterocycles. The molecule has 20 nitrogen and oxygen atoms in total. The largest absolute Gasteiger partial charge is 0.480 e. The van der Waals surface area contributed by atoms with Gasteiger partial charge in [0.2, 0.25) is 25.6 Å². The van der Waals surface area contributed by atoms with Crippen molar-refractivity contribution in [2.75, 3.05) is 33.0 Å². The molecule has 0 fully saturated rings. The SMILES string of the molecule is CC(O)CO.NC=O.NC=O.NC=O.NC=O.O=C(O)COCC(=O)O.O=C(O)COCC(=O)O. The molecular weight excluding hydrogens is 492 g/mol. The lowest BCUT2D eigenvalue weighted by Crippen LogP contribution is -2.13. The molecule has 0 aliphatic carbocycles. The summed E-state index contributed by atoms with van der Waals surface area (Å²) in [7, 11) is 0. The van der Waals surface area contributed by atoms with Gasteiger partial charge >= 0.3 is 23.9 Å². The van der Waals surface area contributed by atoms with Crippen LogP contribution in [0.2, 0.25) is 0 Å². The van der Waals surface area contributed by atoms with Gasteiger partial charge in [-0.25, -0.2) is 19.2 Å². The second kappa shape index (κ2) is 51.9. The monoisotopic (exact) mass is 524 g/mol. The number of aliphatic carboxylic acids is 4. The van der Waals surface area contributed by atoms with Crippen molar-refractivity contribution in [2.45, 2.75) is 13.0 Å². The number of aliphatic hydroxyl groups is 2. The Hall–Kier alpha value is -4.40. The number of amides is 4. The standard InChI is InChI=1S/2C4H6O5.C3H8O2.4CH3NO/c2*5-3(6)1-9-2-4(7)8;1-3(5)2-4;4*2-1-3/h2*1-2H2,(H,5,6)(H,7,8);3-5H,2H2,1H3;4*1H,(H2,2,3). The topological polar surface area (TPSA) is 380 Å². The highest BCUT2D eigenvalue weighted by Crippen LogP contribution is 1.74. The normalized spacial score (nSPS) is 8.09. The summed E-state index contributed by atoms with van der Waals surface area (Å²) >= 11 is 0. The second-order valence-corrected chi connectivity index (χ2v) is 4.14. The van der Waals surface area contributed by atoms with Crippen LogP contribution in [0.5, 0.6) is 0 Å². The quantitative estimate of drug-likeness (QED) is 0.125. The molecule has 0 saturated heterocycles. The smallest absolute Gasteiger partial charge is 0.329 e. The molecule has 35 heavy (non-hydrogen) atoms. The molecule has 4 amide bonds. The van der Waals surface area contributed by atoms with Crippen LogP contribution in [-0.4, -0.2) is 119 Å². The molecule has 0 aromatic rings. The number of hydrogen-bond acceptors (Lipinski definition) is 12. The van der Waals surface area contributed by atoms with E-state index < -0.39 is 56.4 Å². The van der Waals surface area contributed by atoms with Crippen LogP contribution in [0.4, 0.5) is 0 Å². The highest BCUT2D eigenvalue weighted by atomic mass is 16.5. The maximum atomic E-state index is 9.66. The zero-order chi connectivity index (χ0) is 29.7. The summed E-state index contributed by atoms with van der Waals surface area (Å²) in [5, 5.41) is 47.6. The van der Waals surface area contributed by atoms with Gasteiger partial charge in [0, 0.05) is 0 Å². The van der Waals surface area contributed by atoms with E-state index in [1.165, 1.54) is 6.92 Å². The van der Waals surface area contributed by atoms with Gasteiger partial charge < -0.3 is 63.0 Å². The maximum Gasteiger partial charge on any atom is 0.329 e. The van der Waals surface area contributed by atoms with Gasteiger partial charge in [-0.05, 0) is 6.92 Å². The molecular formula is C15H32N4O16. The minimum absolute atomic E-state index is 0.139. The first-order valence-electron chi connectivity index (χ1n) is 8.12. The van der Waals surface area contributed by atoms with E-state index in [1.807, 2.05) is 0 Å². The molecule has 0 radical (unpaired) electrons. The van der Waals surface area contributed by atoms with Crippen LogP contribution in [0.25, 0.3) is 0 Å². The van der Waals surface area contributed by atoms with Gasteiger partial charge in [-0.15, -0.1) is 0 Å². The number of carbonyl (C=O) groups is 8. The third-order valence-electron chi connectivity index (χ3n) is 1.17. The highest BCUT2D eigenvalue weighted by Gasteiger charge is 1.99. The van der Waals surface area contributed by atoms with Crippen LogP contribution in [0, 0.1) is 0 Å². The van der Waals surface area contributed by atoms with Crippen molar-refractivity contribution in [1.29, 1.82) is 0 Å². The van der Waals surface area contributed by atoms with Crippen LogP contribution in [0.15, 0.2) is 0 Å². The Bertz CT molecular complexity index is 449. The molecule has 0 spiro atoms. The van der Waals surface area contributed by atoms with E-state index in [-0.39, 0.29) is 32.2 Å². The summed E-state index contributed by atoms with van der Waals surface area (Å²) < 4.78 is 8.31. The van der Waals surface area contributed by atoms with E-state index in [2.05, 4.69) is 32.4 Å². The summed E-state index contributed by atoms with van der Waals surface area (Å²) in [6.45, 7) is -0.864. The Morgan fingerprint density at radius 1 is 0.629 bits per heavy atom. The number of rotatable bonds is 9. The number of carboxylic acids is 4. The van der Waals surface area contributed by atoms with Gasteiger partial charge in [-0.1, -0.05) is 0 Å². The zero-order valence-corrected chi connectivity index (χ0v) is 18.5. The molecule has 1 unspecified atom stereocenters. The third kappa shape index (κ3) is 245. The predicted octanol–water partition coefficient (Wildman–Crippen LogP) is -5.89. The van der Waals surface area contributed by atoms with Crippen molar-refractivity contribution in [3.8, 4) is 0 Å². The third-order valence-corrected chi connectivity index (χ3v) is 1.17. The van der Waals surface area contributed by atoms with Crippen LogP contribution in [0.3, 0.4) is 0 Å². The minimum Gasteiger partial charge on any atom is -0.480 e. The molecule has 0 aliphatic rings. The van der Waals surface area contributed by atoms with Crippen molar-refractivity contribution in [2.24, 2.45) is 22.9 Å². The fraction of sp³-hybridized carbons (Fsp3) is 0.467. The number of primary amides is 4. The number of carbonyl (C=O) groups excluding carboxylic acids is 4. The molecule has 20 heteroatoms. The predicted molar refractivity (Wildman–Crippen MR) is 112 cm³/mol. The van der Waals surface area contributed by atoms with Crippen molar-refractivity contribution in [3.05, 3.63) is 0 Å². The number of ether oxygens (including phenoxy) is 2. The number of carboxylic acid groups (broad SMARTS) is 4.